The number of nitrogens with two attached hydrogens (primary N) is 1. The molecule has 0 aliphatic heterocycles. The van der Waals surface area contributed by atoms with Gasteiger partial charge in [0.05, 0.1) is 11.7 Å². The molecule has 0 amide bonds. The maximum absolute atomic E-state index is 5.68. The zero-order valence-electron chi connectivity index (χ0n) is 11.8. The highest BCUT2D eigenvalue weighted by atomic mass is 15.3. The first-order valence-electron chi connectivity index (χ1n) is 6.68. The van der Waals surface area contributed by atoms with E-state index in [0.29, 0.717) is 0 Å². The van der Waals surface area contributed by atoms with Gasteiger partial charge in [-0.2, -0.15) is 5.10 Å². The van der Waals surface area contributed by atoms with Gasteiger partial charge in [0.2, 0.25) is 0 Å². The molecule has 0 radical (unpaired) electrons. The molecule has 3 N–H and O–H groups in total. The molecule has 6 nitrogen and oxygen atoms in total. The molecule has 2 heterocycles. The van der Waals surface area contributed by atoms with Crippen LogP contribution < -0.4 is 11.3 Å². The van der Waals surface area contributed by atoms with Crippen molar-refractivity contribution in [1.82, 2.24) is 24.8 Å². The minimum absolute atomic E-state index is 0.00768. The number of aromatic nitrogens is 4. The summed E-state index contributed by atoms with van der Waals surface area (Å²) in [5.74, 6) is 6.61. The van der Waals surface area contributed by atoms with E-state index in [2.05, 4.69) is 35.4 Å². The Bertz CT molecular complexity index is 527. The van der Waals surface area contributed by atoms with E-state index in [1.165, 1.54) is 5.69 Å². The molecule has 0 aromatic carbocycles. The second-order valence-electron chi connectivity index (χ2n) is 4.62. The van der Waals surface area contributed by atoms with Crippen LogP contribution in [0.15, 0.2) is 18.5 Å². The van der Waals surface area contributed by atoms with Crippen LogP contribution in [0.4, 0.5) is 0 Å². The number of hydrazine groups is 1. The largest absolute Gasteiger partial charge is 0.337 e. The number of nitrogens with zero attached hydrogens (tertiary/aromatic N) is 4. The highest BCUT2D eigenvalue weighted by Gasteiger charge is 2.17. The first kappa shape index (κ1) is 13.8. The van der Waals surface area contributed by atoms with Gasteiger partial charge in [-0.05, 0) is 19.4 Å². The van der Waals surface area contributed by atoms with Crippen LogP contribution in [0.5, 0.6) is 0 Å². The van der Waals surface area contributed by atoms with Crippen LogP contribution in [0.1, 0.15) is 37.1 Å². The summed E-state index contributed by atoms with van der Waals surface area (Å²) in [7, 11) is 1.97. The van der Waals surface area contributed by atoms with E-state index in [1.54, 1.807) is 6.20 Å². The lowest BCUT2D eigenvalue weighted by Crippen LogP contribution is -2.32. The highest BCUT2D eigenvalue weighted by molar-refractivity contribution is 5.14. The van der Waals surface area contributed by atoms with Crippen molar-refractivity contribution in [3.8, 4) is 0 Å². The van der Waals surface area contributed by atoms with Gasteiger partial charge in [-0.1, -0.05) is 6.92 Å². The van der Waals surface area contributed by atoms with Gasteiger partial charge in [-0.15, -0.1) is 0 Å². The van der Waals surface area contributed by atoms with Crippen molar-refractivity contribution >= 4 is 0 Å². The Balaban J connectivity index is 2.23. The van der Waals surface area contributed by atoms with E-state index in [1.807, 2.05) is 22.5 Å². The summed E-state index contributed by atoms with van der Waals surface area (Å²) in [6, 6.07) is 2.14. The summed E-state index contributed by atoms with van der Waals surface area (Å²) in [6.45, 7) is 5.08. The van der Waals surface area contributed by atoms with Crippen molar-refractivity contribution in [1.29, 1.82) is 0 Å². The molecule has 1 atom stereocenters. The fourth-order valence-corrected chi connectivity index (χ4v) is 2.27. The summed E-state index contributed by atoms with van der Waals surface area (Å²) in [4.78, 5) is 4.36. The zero-order chi connectivity index (χ0) is 13.8. The topological polar surface area (TPSA) is 73.7 Å². The van der Waals surface area contributed by atoms with Crippen molar-refractivity contribution < 1.29 is 0 Å². The van der Waals surface area contributed by atoms with Gasteiger partial charge in [0.15, 0.2) is 0 Å². The summed E-state index contributed by atoms with van der Waals surface area (Å²) in [6.07, 6.45) is 5.44. The zero-order valence-corrected chi connectivity index (χ0v) is 11.8. The lowest BCUT2D eigenvalue weighted by Gasteiger charge is -2.16. The minimum atomic E-state index is -0.00768. The second-order valence-corrected chi connectivity index (χ2v) is 4.62. The summed E-state index contributed by atoms with van der Waals surface area (Å²) in [5, 5.41) is 4.56. The van der Waals surface area contributed by atoms with E-state index in [4.69, 9.17) is 5.84 Å². The lowest BCUT2D eigenvalue weighted by molar-refractivity contribution is 0.484. The average Bonchev–Trinajstić information content (AvgIpc) is 3.01. The summed E-state index contributed by atoms with van der Waals surface area (Å²) in [5.41, 5.74) is 5.15. The molecule has 0 aliphatic rings. The van der Waals surface area contributed by atoms with Crippen LogP contribution in [0.2, 0.25) is 0 Å². The SMILES string of the molecule is CCc1cc(CC(NN)c2nccn2C)n(CC)n1. The van der Waals surface area contributed by atoms with Crippen LogP contribution in [0.3, 0.4) is 0 Å². The Kier molecular flexibility index (Phi) is 4.34. The van der Waals surface area contributed by atoms with Gasteiger partial charge in [-0.25, -0.2) is 10.4 Å². The maximum Gasteiger partial charge on any atom is 0.127 e. The predicted molar refractivity (Wildman–Crippen MR) is 74.3 cm³/mol. The Morgan fingerprint density at radius 3 is 2.74 bits per heavy atom. The van der Waals surface area contributed by atoms with E-state index in [9.17, 15) is 0 Å². The normalized spacial score (nSPS) is 12.8. The smallest absolute Gasteiger partial charge is 0.127 e. The number of rotatable bonds is 6. The van der Waals surface area contributed by atoms with Crippen LogP contribution in [0, 0.1) is 0 Å². The molecule has 0 aliphatic carbocycles. The molecule has 0 fully saturated rings. The van der Waals surface area contributed by atoms with Crippen molar-refractivity contribution in [2.45, 2.75) is 39.3 Å². The number of nitrogens with one attached hydrogen (secondary N) is 1. The molecule has 2 aromatic heterocycles. The van der Waals surface area contributed by atoms with Gasteiger partial charge in [-0.3, -0.25) is 10.5 Å². The van der Waals surface area contributed by atoms with E-state index in [-0.39, 0.29) is 6.04 Å². The fourth-order valence-electron chi connectivity index (χ4n) is 2.27. The highest BCUT2D eigenvalue weighted by Crippen LogP contribution is 2.17. The van der Waals surface area contributed by atoms with Gasteiger partial charge < -0.3 is 4.57 Å². The van der Waals surface area contributed by atoms with Crippen molar-refractivity contribution in [3.05, 3.63) is 35.7 Å². The molecule has 2 rings (SSSR count). The molecule has 0 saturated heterocycles. The van der Waals surface area contributed by atoms with E-state index >= 15 is 0 Å². The van der Waals surface area contributed by atoms with Gasteiger partial charge >= 0.3 is 0 Å². The third kappa shape index (κ3) is 2.85. The summed E-state index contributed by atoms with van der Waals surface area (Å²) >= 11 is 0. The number of hydrogen-bond donors (Lipinski definition) is 2. The van der Waals surface area contributed by atoms with Gasteiger partial charge in [0.25, 0.3) is 0 Å². The van der Waals surface area contributed by atoms with Crippen LogP contribution in [0.25, 0.3) is 0 Å². The van der Waals surface area contributed by atoms with Crippen molar-refractivity contribution in [3.63, 3.8) is 0 Å². The van der Waals surface area contributed by atoms with E-state index in [0.717, 1.165) is 30.9 Å². The average molecular weight is 262 g/mol. The summed E-state index contributed by atoms with van der Waals surface area (Å²) < 4.78 is 4.02. The molecule has 6 heteroatoms. The lowest BCUT2D eigenvalue weighted by atomic mass is 10.1. The van der Waals surface area contributed by atoms with Crippen LogP contribution >= 0.6 is 0 Å². The molecular weight excluding hydrogens is 240 g/mol. The second kappa shape index (κ2) is 5.99. The molecule has 1 unspecified atom stereocenters. The third-order valence-electron chi connectivity index (χ3n) is 3.36. The molecule has 0 saturated carbocycles. The van der Waals surface area contributed by atoms with Gasteiger partial charge in [0, 0.05) is 38.1 Å². The van der Waals surface area contributed by atoms with Crippen molar-refractivity contribution in [2.24, 2.45) is 12.9 Å². The number of imidazole rings is 1. The predicted octanol–water partition coefficient (Wildman–Crippen LogP) is 0.946. The molecule has 0 bridgehead atoms. The Hall–Kier alpha value is -1.66. The van der Waals surface area contributed by atoms with Crippen LogP contribution in [-0.4, -0.2) is 19.3 Å². The Morgan fingerprint density at radius 2 is 2.21 bits per heavy atom. The minimum Gasteiger partial charge on any atom is -0.337 e. The monoisotopic (exact) mass is 262 g/mol. The quantitative estimate of drug-likeness (QED) is 0.600. The van der Waals surface area contributed by atoms with E-state index < -0.39 is 0 Å². The maximum atomic E-state index is 5.68. The third-order valence-corrected chi connectivity index (χ3v) is 3.36. The Morgan fingerprint density at radius 1 is 1.42 bits per heavy atom. The van der Waals surface area contributed by atoms with Crippen LogP contribution in [-0.2, 0) is 26.4 Å². The molecular formula is C13H22N6. The molecule has 104 valence electrons. The first-order chi connectivity index (χ1) is 9.19. The fraction of sp³-hybridized carbons (Fsp3) is 0.538. The molecule has 0 spiro atoms. The number of aryl methyl sites for hydroxylation is 3. The molecule has 2 aromatic rings. The van der Waals surface area contributed by atoms with Crippen molar-refractivity contribution in [2.75, 3.05) is 0 Å². The Labute approximate surface area is 113 Å². The molecule has 19 heavy (non-hydrogen) atoms. The first-order valence-corrected chi connectivity index (χ1v) is 6.68. The standard InChI is InChI=1S/C13H22N6/c1-4-10-8-11(19(5-2)17-10)9-12(16-14)13-15-6-7-18(13)3/h6-8,12,16H,4-5,9,14H2,1-3H3. The van der Waals surface area contributed by atoms with Gasteiger partial charge in [0.1, 0.15) is 5.82 Å². The number of hydrogen-bond acceptors (Lipinski definition) is 4.